The first kappa shape index (κ1) is 11.3. The highest BCUT2D eigenvalue weighted by atomic mass is 35.5. The van der Waals surface area contributed by atoms with E-state index in [1.54, 1.807) is 7.11 Å². The predicted molar refractivity (Wildman–Crippen MR) is 54.3 cm³/mol. The Kier molecular flexibility index (Phi) is 5.76. The van der Waals surface area contributed by atoms with E-state index in [0.29, 0.717) is 24.5 Å². The summed E-state index contributed by atoms with van der Waals surface area (Å²) in [4.78, 5) is 0. The lowest BCUT2D eigenvalue weighted by Gasteiger charge is -2.12. The fourth-order valence-electron chi connectivity index (χ4n) is 1.80. The Bertz CT molecular complexity index is 130. The molecule has 3 heteroatoms. The van der Waals surface area contributed by atoms with Crippen LogP contribution in [0.3, 0.4) is 0 Å². The van der Waals surface area contributed by atoms with Gasteiger partial charge in [-0.05, 0) is 25.2 Å². The topological polar surface area (TPSA) is 18.5 Å². The lowest BCUT2D eigenvalue weighted by atomic mass is 10.0. The summed E-state index contributed by atoms with van der Waals surface area (Å²) in [5.41, 5.74) is 0. The van der Waals surface area contributed by atoms with Crippen LogP contribution < -0.4 is 0 Å². The zero-order chi connectivity index (χ0) is 9.52. The molecule has 78 valence electrons. The monoisotopic (exact) mass is 206 g/mol. The maximum atomic E-state index is 6.14. The molecule has 0 aromatic heterocycles. The van der Waals surface area contributed by atoms with Gasteiger partial charge in [0.15, 0.2) is 0 Å². The van der Waals surface area contributed by atoms with Crippen LogP contribution in [0, 0.1) is 5.92 Å². The number of alkyl halides is 1. The zero-order valence-corrected chi connectivity index (χ0v) is 9.05. The lowest BCUT2D eigenvalue weighted by Crippen LogP contribution is -2.11. The fraction of sp³-hybridized carbons (Fsp3) is 1.00. The van der Waals surface area contributed by atoms with E-state index in [9.17, 15) is 0 Å². The van der Waals surface area contributed by atoms with E-state index in [-0.39, 0.29) is 0 Å². The first-order valence-electron chi connectivity index (χ1n) is 5.05. The van der Waals surface area contributed by atoms with Crippen molar-refractivity contribution in [3.8, 4) is 0 Å². The van der Waals surface area contributed by atoms with E-state index in [0.717, 1.165) is 13.0 Å². The van der Waals surface area contributed by atoms with Crippen LogP contribution in [-0.4, -0.2) is 32.3 Å². The van der Waals surface area contributed by atoms with Gasteiger partial charge in [0, 0.05) is 19.1 Å². The van der Waals surface area contributed by atoms with Crippen molar-refractivity contribution < 1.29 is 9.47 Å². The largest absolute Gasteiger partial charge is 0.382 e. The van der Waals surface area contributed by atoms with Crippen molar-refractivity contribution in [3.05, 3.63) is 0 Å². The average molecular weight is 207 g/mol. The maximum Gasteiger partial charge on any atom is 0.0700 e. The van der Waals surface area contributed by atoms with Gasteiger partial charge in [0.1, 0.15) is 0 Å². The third-order valence-electron chi connectivity index (χ3n) is 2.63. The standard InChI is InChI=1S/C10H19ClO2/c1-12-7-8-13-6-5-9-3-2-4-10(9)11/h9-10H,2-8H2,1H3. The summed E-state index contributed by atoms with van der Waals surface area (Å²) in [6, 6.07) is 0. The van der Waals surface area contributed by atoms with Crippen LogP contribution in [0.5, 0.6) is 0 Å². The molecule has 0 aromatic carbocycles. The van der Waals surface area contributed by atoms with Crippen molar-refractivity contribution in [2.75, 3.05) is 26.9 Å². The Morgan fingerprint density at radius 3 is 2.69 bits per heavy atom. The van der Waals surface area contributed by atoms with Gasteiger partial charge < -0.3 is 9.47 Å². The van der Waals surface area contributed by atoms with E-state index in [2.05, 4.69) is 0 Å². The minimum atomic E-state index is 0.394. The smallest absolute Gasteiger partial charge is 0.0700 e. The van der Waals surface area contributed by atoms with Crippen LogP contribution in [-0.2, 0) is 9.47 Å². The van der Waals surface area contributed by atoms with Crippen molar-refractivity contribution in [2.45, 2.75) is 31.1 Å². The Balaban J connectivity index is 1.93. The van der Waals surface area contributed by atoms with Crippen molar-refractivity contribution in [1.29, 1.82) is 0 Å². The van der Waals surface area contributed by atoms with Crippen molar-refractivity contribution >= 4 is 11.6 Å². The number of hydrogen-bond acceptors (Lipinski definition) is 2. The van der Waals surface area contributed by atoms with Crippen LogP contribution in [0.25, 0.3) is 0 Å². The Hall–Kier alpha value is 0.210. The zero-order valence-electron chi connectivity index (χ0n) is 8.30. The number of halogens is 1. The summed E-state index contributed by atoms with van der Waals surface area (Å²) in [5, 5.41) is 0.394. The SMILES string of the molecule is COCCOCCC1CCCC1Cl. The fourth-order valence-corrected chi connectivity index (χ4v) is 2.20. The van der Waals surface area contributed by atoms with Gasteiger partial charge in [-0.3, -0.25) is 0 Å². The van der Waals surface area contributed by atoms with Crippen LogP contribution in [0.1, 0.15) is 25.7 Å². The van der Waals surface area contributed by atoms with E-state index in [1.165, 1.54) is 19.3 Å². The number of rotatable bonds is 6. The normalized spacial score (nSPS) is 28.2. The molecule has 1 aliphatic rings. The average Bonchev–Trinajstić information content (AvgIpc) is 2.52. The molecule has 0 radical (unpaired) electrons. The maximum absolute atomic E-state index is 6.14. The Morgan fingerprint density at radius 1 is 1.23 bits per heavy atom. The molecule has 0 N–H and O–H groups in total. The van der Waals surface area contributed by atoms with E-state index in [4.69, 9.17) is 21.1 Å². The molecular weight excluding hydrogens is 188 g/mol. The first-order valence-corrected chi connectivity index (χ1v) is 5.49. The number of methoxy groups -OCH3 is 1. The van der Waals surface area contributed by atoms with Gasteiger partial charge in [-0.1, -0.05) is 6.42 Å². The molecule has 0 aliphatic heterocycles. The second-order valence-electron chi connectivity index (χ2n) is 3.60. The molecule has 2 nitrogen and oxygen atoms in total. The molecule has 13 heavy (non-hydrogen) atoms. The van der Waals surface area contributed by atoms with E-state index < -0.39 is 0 Å². The van der Waals surface area contributed by atoms with Gasteiger partial charge in [0.25, 0.3) is 0 Å². The van der Waals surface area contributed by atoms with Crippen LogP contribution in [0.4, 0.5) is 0 Å². The minimum Gasteiger partial charge on any atom is -0.382 e. The summed E-state index contributed by atoms with van der Waals surface area (Å²) in [7, 11) is 1.69. The highest BCUT2D eigenvalue weighted by Gasteiger charge is 2.24. The molecule has 0 saturated heterocycles. The van der Waals surface area contributed by atoms with Gasteiger partial charge in [-0.2, -0.15) is 0 Å². The highest BCUT2D eigenvalue weighted by Crippen LogP contribution is 2.32. The second kappa shape index (κ2) is 6.63. The molecule has 1 fully saturated rings. The quantitative estimate of drug-likeness (QED) is 0.491. The first-order chi connectivity index (χ1) is 6.34. The van der Waals surface area contributed by atoms with Gasteiger partial charge in [0.05, 0.1) is 13.2 Å². The van der Waals surface area contributed by atoms with Crippen LogP contribution in [0.2, 0.25) is 0 Å². The molecule has 0 aromatic rings. The van der Waals surface area contributed by atoms with Gasteiger partial charge in [-0.25, -0.2) is 0 Å². The molecule has 2 atom stereocenters. The summed E-state index contributed by atoms with van der Waals surface area (Å²) in [6.45, 7) is 2.22. The molecule has 1 aliphatic carbocycles. The van der Waals surface area contributed by atoms with Gasteiger partial charge >= 0.3 is 0 Å². The van der Waals surface area contributed by atoms with Crippen molar-refractivity contribution in [1.82, 2.24) is 0 Å². The van der Waals surface area contributed by atoms with E-state index in [1.807, 2.05) is 0 Å². The molecule has 0 heterocycles. The van der Waals surface area contributed by atoms with Crippen molar-refractivity contribution in [3.63, 3.8) is 0 Å². The Morgan fingerprint density at radius 2 is 2.08 bits per heavy atom. The number of ether oxygens (including phenoxy) is 2. The lowest BCUT2D eigenvalue weighted by molar-refractivity contribution is 0.0641. The summed E-state index contributed by atoms with van der Waals surface area (Å²) < 4.78 is 10.3. The molecule has 0 bridgehead atoms. The number of hydrogen-bond donors (Lipinski definition) is 0. The van der Waals surface area contributed by atoms with Crippen LogP contribution >= 0.6 is 11.6 Å². The molecule has 1 saturated carbocycles. The summed E-state index contributed by atoms with van der Waals surface area (Å²) in [5.74, 6) is 0.684. The molecular formula is C10H19ClO2. The molecule has 0 spiro atoms. The van der Waals surface area contributed by atoms with Gasteiger partial charge in [-0.15, -0.1) is 11.6 Å². The van der Waals surface area contributed by atoms with Gasteiger partial charge in [0.2, 0.25) is 0 Å². The molecule has 1 rings (SSSR count). The minimum absolute atomic E-state index is 0.394. The van der Waals surface area contributed by atoms with Crippen LogP contribution in [0.15, 0.2) is 0 Å². The third-order valence-corrected chi connectivity index (χ3v) is 3.21. The predicted octanol–water partition coefficient (Wildman–Crippen LogP) is 2.45. The highest BCUT2D eigenvalue weighted by molar-refractivity contribution is 6.20. The second-order valence-corrected chi connectivity index (χ2v) is 4.16. The molecule has 2 unspecified atom stereocenters. The van der Waals surface area contributed by atoms with E-state index >= 15 is 0 Å². The van der Waals surface area contributed by atoms with Crippen molar-refractivity contribution in [2.24, 2.45) is 5.92 Å². The third kappa shape index (κ3) is 4.30. The Labute approximate surface area is 85.5 Å². The summed E-state index contributed by atoms with van der Waals surface area (Å²) in [6.07, 6.45) is 4.86. The summed E-state index contributed by atoms with van der Waals surface area (Å²) >= 11 is 6.14. The molecule has 0 amide bonds.